The Morgan fingerprint density at radius 2 is 1.95 bits per heavy atom. The summed E-state index contributed by atoms with van der Waals surface area (Å²) in [6.07, 6.45) is 3.74. The first kappa shape index (κ1) is 14.2. The second-order valence-corrected chi connectivity index (χ2v) is 6.05. The van der Waals surface area contributed by atoms with Gasteiger partial charge in [0, 0.05) is 1.37 Å². The predicted molar refractivity (Wildman–Crippen MR) is 72.0 cm³/mol. The quantitative estimate of drug-likeness (QED) is 0.825. The zero-order valence-electron chi connectivity index (χ0n) is 13.0. The van der Waals surface area contributed by atoms with E-state index in [1.54, 1.807) is 20.8 Å². The van der Waals surface area contributed by atoms with Gasteiger partial charge in [0.2, 0.25) is 0 Å². The van der Waals surface area contributed by atoms with Crippen LogP contribution in [0.15, 0.2) is 0 Å². The number of alkyl carbamates (subject to hydrolysis) is 1. The molecule has 0 spiro atoms. The molecule has 1 saturated carbocycles. The van der Waals surface area contributed by atoms with Crippen LogP contribution in [0.2, 0.25) is 0 Å². The molecular weight excluding hydrogens is 246 g/mol. The van der Waals surface area contributed by atoms with Crippen LogP contribution in [-0.4, -0.2) is 28.8 Å². The lowest BCUT2D eigenvalue weighted by atomic mass is 9.85. The molecule has 0 aromatic carbocycles. The molecule has 2 N–H and O–H groups in total. The minimum absolute atomic E-state index is 0.127. The third kappa shape index (κ3) is 6.45. The van der Waals surface area contributed by atoms with Gasteiger partial charge in [-0.2, -0.15) is 0 Å². The molecule has 1 aliphatic carbocycles. The van der Waals surface area contributed by atoms with E-state index in [0.717, 1.165) is 19.3 Å². The number of rotatable bonds is 4. The van der Waals surface area contributed by atoms with Gasteiger partial charge < -0.3 is 15.2 Å². The fourth-order valence-corrected chi connectivity index (χ4v) is 2.19. The van der Waals surface area contributed by atoms with Gasteiger partial charge in [0.05, 0.1) is 0 Å². The highest BCUT2D eigenvalue weighted by molar-refractivity contribution is 5.80. The van der Waals surface area contributed by atoms with Gasteiger partial charge in [0.25, 0.3) is 0 Å². The van der Waals surface area contributed by atoms with Gasteiger partial charge in [-0.15, -0.1) is 0 Å². The largest absolute Gasteiger partial charge is 0.480 e. The van der Waals surface area contributed by atoms with Gasteiger partial charge in [-0.05, 0) is 33.1 Å². The summed E-state index contributed by atoms with van der Waals surface area (Å²) in [5.41, 5.74) is -0.670. The van der Waals surface area contributed by atoms with Gasteiger partial charge in [0.15, 0.2) is 0 Å². The van der Waals surface area contributed by atoms with Crippen molar-refractivity contribution in [3.63, 3.8) is 0 Å². The Morgan fingerprint density at radius 3 is 2.42 bits per heavy atom. The number of carbonyl (C=O) groups excluding carboxylic acids is 1. The number of ether oxygens (including phenoxy) is 1. The van der Waals surface area contributed by atoms with E-state index in [2.05, 4.69) is 5.32 Å². The van der Waals surface area contributed by atoms with Crippen LogP contribution in [0.3, 0.4) is 0 Å². The molecule has 5 heteroatoms. The molecule has 0 saturated heterocycles. The van der Waals surface area contributed by atoms with Crippen molar-refractivity contribution >= 4 is 12.1 Å². The molecule has 0 bridgehead atoms. The molecular formula is C14H25NO4. The normalized spacial score (nSPS) is 21.1. The van der Waals surface area contributed by atoms with Crippen LogP contribution >= 0.6 is 0 Å². The molecule has 0 aliphatic heterocycles. The van der Waals surface area contributed by atoms with Crippen molar-refractivity contribution < 1.29 is 20.8 Å². The van der Waals surface area contributed by atoms with Gasteiger partial charge in [-0.1, -0.05) is 32.1 Å². The standard InChI is InChI=1S/C14H25NO4/c1-14(2,3)19-13(18)15-11(12(16)17)9-10-7-5-4-6-8-10/h10-11H,4-9H2,1-3H3,(H,15,18)(H,16,17)/t11-/m0/s1/i10D. The van der Waals surface area contributed by atoms with Crippen LogP contribution < -0.4 is 5.32 Å². The Bertz CT molecular complexity index is 359. The number of carbonyl (C=O) groups is 2. The first-order valence-electron chi connectivity index (χ1n) is 7.34. The fourth-order valence-electron chi connectivity index (χ4n) is 2.19. The molecule has 5 nitrogen and oxygen atoms in total. The van der Waals surface area contributed by atoms with Crippen molar-refractivity contribution in [3.8, 4) is 0 Å². The molecule has 0 unspecified atom stereocenters. The van der Waals surface area contributed by atoms with Gasteiger partial charge >= 0.3 is 12.1 Å². The van der Waals surface area contributed by atoms with Crippen LogP contribution in [0.1, 0.15) is 60.7 Å². The van der Waals surface area contributed by atoms with Crippen LogP contribution in [0, 0.1) is 5.89 Å². The highest BCUT2D eigenvalue weighted by atomic mass is 16.6. The van der Waals surface area contributed by atoms with Gasteiger partial charge in [-0.25, -0.2) is 9.59 Å². The Morgan fingerprint density at radius 1 is 1.37 bits per heavy atom. The summed E-state index contributed by atoms with van der Waals surface area (Å²) in [6.45, 7) is 5.15. The maximum atomic E-state index is 11.7. The molecule has 19 heavy (non-hydrogen) atoms. The van der Waals surface area contributed by atoms with E-state index in [1.807, 2.05) is 0 Å². The summed E-state index contributed by atoms with van der Waals surface area (Å²) in [5, 5.41) is 11.6. The van der Waals surface area contributed by atoms with E-state index in [9.17, 15) is 14.7 Å². The molecule has 1 fully saturated rings. The van der Waals surface area contributed by atoms with Gasteiger partial charge in [-0.3, -0.25) is 0 Å². The molecule has 1 atom stereocenters. The first-order valence-corrected chi connectivity index (χ1v) is 6.84. The van der Waals surface area contributed by atoms with Crippen molar-refractivity contribution in [2.45, 2.75) is 70.9 Å². The maximum absolute atomic E-state index is 11.7. The lowest BCUT2D eigenvalue weighted by molar-refractivity contribution is -0.140. The lowest BCUT2D eigenvalue weighted by Crippen LogP contribution is -2.44. The summed E-state index contributed by atoms with van der Waals surface area (Å²) in [7, 11) is 0. The SMILES string of the molecule is [2H]C1(C[C@H](NC(=O)OC(C)(C)C)C(=O)O)CCCCC1. The summed E-state index contributed by atoms with van der Waals surface area (Å²) in [4.78, 5) is 22.9. The van der Waals surface area contributed by atoms with E-state index in [-0.39, 0.29) is 6.42 Å². The minimum atomic E-state index is -1.12. The lowest BCUT2D eigenvalue weighted by Gasteiger charge is -2.26. The van der Waals surface area contributed by atoms with E-state index in [0.29, 0.717) is 12.8 Å². The molecule has 1 rings (SSSR count). The Balaban J connectivity index is 2.60. The van der Waals surface area contributed by atoms with E-state index in [1.165, 1.54) is 0 Å². The Labute approximate surface area is 116 Å². The summed E-state index contributed by atoms with van der Waals surface area (Å²) < 4.78 is 13.4. The number of aliphatic carboxylic acids is 1. The molecule has 110 valence electrons. The summed E-state index contributed by atoms with van der Waals surface area (Å²) in [5.74, 6) is -1.87. The van der Waals surface area contributed by atoms with Crippen molar-refractivity contribution in [3.05, 3.63) is 0 Å². The third-order valence-electron chi connectivity index (χ3n) is 3.04. The molecule has 1 aliphatic rings. The highest BCUT2D eigenvalue weighted by Gasteiger charge is 2.27. The van der Waals surface area contributed by atoms with Crippen LogP contribution in [0.5, 0.6) is 0 Å². The van der Waals surface area contributed by atoms with E-state index < -0.39 is 29.6 Å². The zero-order valence-corrected chi connectivity index (χ0v) is 12.0. The fraction of sp³-hybridized carbons (Fsp3) is 0.857. The second-order valence-electron chi connectivity index (χ2n) is 6.05. The van der Waals surface area contributed by atoms with E-state index in [4.69, 9.17) is 6.11 Å². The molecule has 0 heterocycles. The summed E-state index contributed by atoms with van der Waals surface area (Å²) in [6, 6.07) is -1.07. The molecule has 0 aromatic heterocycles. The first-order chi connectivity index (χ1) is 9.11. The third-order valence-corrected chi connectivity index (χ3v) is 3.04. The van der Waals surface area contributed by atoms with Crippen LogP contribution in [0.25, 0.3) is 0 Å². The maximum Gasteiger partial charge on any atom is 0.408 e. The van der Waals surface area contributed by atoms with Crippen molar-refractivity contribution in [2.75, 3.05) is 0 Å². The molecule has 0 aromatic rings. The number of hydrogen-bond donors (Lipinski definition) is 2. The Kier molecular flexibility index (Phi) is 5.05. The molecule has 1 amide bonds. The van der Waals surface area contributed by atoms with Crippen LogP contribution in [0.4, 0.5) is 4.79 Å². The Hall–Kier alpha value is -1.26. The minimum Gasteiger partial charge on any atom is -0.480 e. The van der Waals surface area contributed by atoms with Crippen molar-refractivity contribution in [1.82, 2.24) is 5.32 Å². The van der Waals surface area contributed by atoms with Gasteiger partial charge in [0.1, 0.15) is 11.6 Å². The number of hydrogen-bond acceptors (Lipinski definition) is 3. The summed E-state index contributed by atoms with van der Waals surface area (Å²) >= 11 is 0. The zero-order chi connectivity index (χ0) is 15.4. The van der Waals surface area contributed by atoms with Crippen molar-refractivity contribution in [2.24, 2.45) is 5.89 Å². The smallest absolute Gasteiger partial charge is 0.408 e. The van der Waals surface area contributed by atoms with Crippen LogP contribution in [-0.2, 0) is 9.53 Å². The molecule has 0 radical (unpaired) electrons. The highest BCUT2D eigenvalue weighted by Crippen LogP contribution is 2.27. The average Bonchev–Trinajstić information content (AvgIpc) is 2.25. The second kappa shape index (κ2) is 6.78. The monoisotopic (exact) mass is 272 g/mol. The number of carboxylic acids is 1. The van der Waals surface area contributed by atoms with Crippen molar-refractivity contribution in [1.29, 1.82) is 0 Å². The number of nitrogens with one attached hydrogen (secondary N) is 1. The topological polar surface area (TPSA) is 75.6 Å². The van der Waals surface area contributed by atoms with E-state index >= 15 is 0 Å². The number of amides is 1. The predicted octanol–water partition coefficient (Wildman–Crippen LogP) is 2.93. The average molecular weight is 272 g/mol. The number of carboxylic acid groups (broad SMARTS) is 1.